The summed E-state index contributed by atoms with van der Waals surface area (Å²) in [5, 5.41) is 14.6. The molecule has 1 aromatic carbocycles. The van der Waals surface area contributed by atoms with E-state index in [-0.39, 0.29) is 24.7 Å². The third-order valence-electron chi connectivity index (χ3n) is 5.64. The van der Waals surface area contributed by atoms with Crippen LogP contribution in [0.1, 0.15) is 30.0 Å². The molecule has 1 N–H and O–H groups in total. The van der Waals surface area contributed by atoms with E-state index < -0.39 is 23.4 Å². The van der Waals surface area contributed by atoms with Crippen LogP contribution in [-0.2, 0) is 12.7 Å². The number of hydrogen-bond donors (Lipinski definition) is 1. The quantitative estimate of drug-likeness (QED) is 0.774. The molecular weight excluding hydrogens is 397 g/mol. The molecule has 1 aliphatic heterocycles. The molecule has 6 nitrogen and oxygen atoms in total. The van der Waals surface area contributed by atoms with Crippen molar-refractivity contribution in [1.29, 1.82) is 0 Å². The summed E-state index contributed by atoms with van der Waals surface area (Å²) in [6.07, 6.45) is -4.16. The van der Waals surface area contributed by atoms with Crippen LogP contribution in [0.25, 0.3) is 0 Å². The molecule has 1 unspecified atom stereocenters. The highest BCUT2D eigenvalue weighted by Gasteiger charge is 2.37. The Labute approximate surface area is 172 Å². The fourth-order valence-corrected chi connectivity index (χ4v) is 3.85. The van der Waals surface area contributed by atoms with E-state index in [1.54, 1.807) is 0 Å². The summed E-state index contributed by atoms with van der Waals surface area (Å²) in [5.41, 5.74) is -0.974. The van der Waals surface area contributed by atoms with E-state index in [1.807, 2.05) is 30.3 Å². The zero-order valence-electron chi connectivity index (χ0n) is 16.6. The second kappa shape index (κ2) is 8.39. The monoisotopic (exact) mass is 422 g/mol. The molecule has 2 aromatic rings. The highest BCUT2D eigenvalue weighted by Crippen LogP contribution is 2.40. The van der Waals surface area contributed by atoms with Crippen molar-refractivity contribution in [2.45, 2.75) is 37.6 Å². The van der Waals surface area contributed by atoms with Gasteiger partial charge in [0.05, 0.1) is 18.3 Å². The summed E-state index contributed by atoms with van der Waals surface area (Å²) in [7, 11) is 0. The van der Waals surface area contributed by atoms with Crippen molar-refractivity contribution in [3.63, 3.8) is 0 Å². The Bertz CT molecular complexity index is 920. The third kappa shape index (κ3) is 4.84. The molecule has 1 saturated carbocycles. The highest BCUT2D eigenvalue weighted by molar-refractivity contribution is 5.46. The van der Waals surface area contributed by atoms with E-state index in [9.17, 15) is 23.1 Å². The molecular formula is C21H25F3N4O2. The third-order valence-corrected chi connectivity index (χ3v) is 5.64. The van der Waals surface area contributed by atoms with E-state index in [4.69, 9.17) is 0 Å². The smallest absolute Gasteiger partial charge is 0.390 e. The van der Waals surface area contributed by atoms with Gasteiger partial charge < -0.3 is 10.0 Å². The summed E-state index contributed by atoms with van der Waals surface area (Å²) < 4.78 is 40.6. The van der Waals surface area contributed by atoms with Gasteiger partial charge in [0.1, 0.15) is 5.56 Å². The lowest BCUT2D eigenvalue weighted by Crippen LogP contribution is -2.49. The van der Waals surface area contributed by atoms with Gasteiger partial charge in [-0.2, -0.15) is 18.3 Å². The first-order chi connectivity index (χ1) is 14.3. The number of halogens is 3. The summed E-state index contributed by atoms with van der Waals surface area (Å²) in [5.74, 6) is -0.0267. The van der Waals surface area contributed by atoms with Gasteiger partial charge in [0.2, 0.25) is 0 Å². The molecule has 1 aliphatic carbocycles. The van der Waals surface area contributed by atoms with Gasteiger partial charge in [-0.3, -0.25) is 9.69 Å². The number of aliphatic hydroxyl groups excluding tert-OH is 1. The Hall–Kier alpha value is -2.39. The standard InChI is InChI=1S/C21H25F3N4O2/c22-21(23,24)18-12-19(15-6-7-15)25-28(20(18)30)14-17(29)13-26-8-10-27(11-9-26)16-4-2-1-3-5-16/h1-5,12,15,17,29H,6-11,13-14H2. The average Bonchev–Trinajstić information content (AvgIpc) is 3.55. The largest absolute Gasteiger partial charge is 0.421 e. The van der Waals surface area contributed by atoms with Gasteiger partial charge in [-0.15, -0.1) is 0 Å². The predicted molar refractivity (Wildman–Crippen MR) is 107 cm³/mol. The molecule has 2 heterocycles. The maximum atomic E-state index is 13.3. The van der Waals surface area contributed by atoms with Gasteiger partial charge >= 0.3 is 6.18 Å². The SMILES string of the molecule is O=c1c(C(F)(F)F)cc(C2CC2)nn1CC(O)CN1CCN(c2ccccc2)CC1. The van der Waals surface area contributed by atoms with Crippen LogP contribution in [0.5, 0.6) is 0 Å². The number of piperazine rings is 1. The summed E-state index contributed by atoms with van der Waals surface area (Å²) in [6.45, 7) is 3.08. The minimum absolute atomic E-state index is 0.0267. The lowest BCUT2D eigenvalue weighted by Gasteiger charge is -2.36. The number of aromatic nitrogens is 2. The lowest BCUT2D eigenvalue weighted by molar-refractivity contribution is -0.139. The number of nitrogens with zero attached hydrogens (tertiary/aromatic N) is 4. The fourth-order valence-electron chi connectivity index (χ4n) is 3.85. The number of anilines is 1. The van der Waals surface area contributed by atoms with Gasteiger partial charge in [0.25, 0.3) is 5.56 Å². The number of para-hydroxylation sites is 1. The van der Waals surface area contributed by atoms with Crippen LogP contribution in [0.2, 0.25) is 0 Å². The van der Waals surface area contributed by atoms with Crippen LogP contribution in [0, 0.1) is 0 Å². The zero-order chi connectivity index (χ0) is 21.3. The Morgan fingerprint density at radius 3 is 2.33 bits per heavy atom. The summed E-state index contributed by atoms with van der Waals surface area (Å²) in [4.78, 5) is 16.6. The molecule has 2 aliphatic rings. The van der Waals surface area contributed by atoms with Crippen LogP contribution < -0.4 is 10.5 Å². The van der Waals surface area contributed by atoms with Crippen molar-refractivity contribution in [3.05, 3.63) is 58.0 Å². The topological polar surface area (TPSA) is 61.6 Å². The maximum absolute atomic E-state index is 13.3. The first-order valence-corrected chi connectivity index (χ1v) is 10.2. The summed E-state index contributed by atoms with van der Waals surface area (Å²) in [6, 6.07) is 10.9. The number of hydrogen-bond acceptors (Lipinski definition) is 5. The highest BCUT2D eigenvalue weighted by atomic mass is 19.4. The molecule has 0 radical (unpaired) electrons. The van der Waals surface area contributed by atoms with Gasteiger partial charge in [-0.05, 0) is 31.0 Å². The van der Waals surface area contributed by atoms with Gasteiger partial charge in [0, 0.05) is 44.3 Å². The molecule has 162 valence electrons. The number of alkyl halides is 3. The van der Waals surface area contributed by atoms with Crippen molar-refractivity contribution in [2.75, 3.05) is 37.6 Å². The van der Waals surface area contributed by atoms with Crippen molar-refractivity contribution in [3.8, 4) is 0 Å². The molecule has 0 spiro atoms. The van der Waals surface area contributed by atoms with E-state index in [1.165, 1.54) is 0 Å². The van der Waals surface area contributed by atoms with Gasteiger partial charge in [0.15, 0.2) is 0 Å². The van der Waals surface area contributed by atoms with Crippen LogP contribution in [0.3, 0.4) is 0 Å². The molecule has 0 amide bonds. The Balaban J connectivity index is 1.39. The van der Waals surface area contributed by atoms with Gasteiger partial charge in [-0.1, -0.05) is 18.2 Å². The fraction of sp³-hybridized carbons (Fsp3) is 0.524. The van der Waals surface area contributed by atoms with Gasteiger partial charge in [-0.25, -0.2) is 4.68 Å². The summed E-state index contributed by atoms with van der Waals surface area (Å²) >= 11 is 0. The molecule has 0 bridgehead atoms. The van der Waals surface area contributed by atoms with Crippen molar-refractivity contribution < 1.29 is 18.3 Å². The first kappa shape index (κ1) is 20.9. The van der Waals surface area contributed by atoms with E-state index in [0.29, 0.717) is 0 Å². The minimum Gasteiger partial charge on any atom is -0.390 e. The Morgan fingerprint density at radius 2 is 1.73 bits per heavy atom. The number of β-amino-alcohol motifs (C(OH)–C–C–N with tert-alkyl or cyclic N) is 1. The predicted octanol–water partition coefficient (Wildman–Crippen LogP) is 2.32. The Morgan fingerprint density at radius 1 is 1.07 bits per heavy atom. The maximum Gasteiger partial charge on any atom is 0.421 e. The zero-order valence-corrected chi connectivity index (χ0v) is 16.6. The van der Waals surface area contributed by atoms with Crippen molar-refractivity contribution in [1.82, 2.24) is 14.7 Å². The first-order valence-electron chi connectivity index (χ1n) is 10.2. The number of rotatable bonds is 6. The van der Waals surface area contributed by atoms with Crippen LogP contribution in [0.4, 0.5) is 18.9 Å². The second-order valence-electron chi connectivity index (χ2n) is 8.02. The normalized spacial score (nSPS) is 19.1. The van der Waals surface area contributed by atoms with Crippen LogP contribution in [0.15, 0.2) is 41.2 Å². The molecule has 2 fully saturated rings. The van der Waals surface area contributed by atoms with Crippen LogP contribution >= 0.6 is 0 Å². The number of aliphatic hydroxyl groups is 1. The molecule has 4 rings (SSSR count). The minimum atomic E-state index is -4.73. The lowest BCUT2D eigenvalue weighted by atomic mass is 10.2. The molecule has 9 heteroatoms. The molecule has 1 saturated heterocycles. The van der Waals surface area contributed by atoms with E-state index >= 15 is 0 Å². The molecule has 30 heavy (non-hydrogen) atoms. The Kier molecular flexibility index (Phi) is 5.84. The van der Waals surface area contributed by atoms with E-state index in [2.05, 4.69) is 14.9 Å². The molecule has 1 aromatic heterocycles. The number of benzene rings is 1. The molecule has 1 atom stereocenters. The van der Waals surface area contributed by atoms with Crippen molar-refractivity contribution in [2.24, 2.45) is 0 Å². The second-order valence-corrected chi connectivity index (χ2v) is 8.02. The van der Waals surface area contributed by atoms with Crippen LogP contribution in [-0.4, -0.2) is 58.6 Å². The van der Waals surface area contributed by atoms with Crippen molar-refractivity contribution >= 4 is 5.69 Å². The average molecular weight is 422 g/mol. The van der Waals surface area contributed by atoms with E-state index in [0.717, 1.165) is 55.5 Å².